The average molecular weight is 248 g/mol. The van der Waals surface area contributed by atoms with Crippen molar-refractivity contribution in [3.63, 3.8) is 0 Å². The maximum Gasteiger partial charge on any atom is 0.213 e. The molecule has 1 unspecified atom stereocenters. The van der Waals surface area contributed by atoms with E-state index >= 15 is 0 Å². The summed E-state index contributed by atoms with van der Waals surface area (Å²) in [5.41, 5.74) is 1.11. The number of guanidine groups is 1. The minimum Gasteiger partial charge on any atom is -0.478 e. The Labute approximate surface area is 108 Å². The molecule has 0 amide bonds. The zero-order valence-electron chi connectivity index (χ0n) is 10.9. The SMILES string of the molecule is CCCOc1ccc(CNC2=NCC(C)N2)cn1. The molecule has 98 valence electrons. The van der Waals surface area contributed by atoms with E-state index in [0.29, 0.717) is 18.5 Å². The van der Waals surface area contributed by atoms with Crippen molar-refractivity contribution in [3.05, 3.63) is 23.9 Å². The van der Waals surface area contributed by atoms with Crippen LogP contribution in [0.25, 0.3) is 0 Å². The maximum absolute atomic E-state index is 5.43. The fraction of sp³-hybridized carbons (Fsp3) is 0.538. The lowest BCUT2D eigenvalue weighted by Crippen LogP contribution is -2.37. The van der Waals surface area contributed by atoms with Gasteiger partial charge in [-0.3, -0.25) is 4.99 Å². The highest BCUT2D eigenvalue weighted by Gasteiger charge is 2.11. The zero-order valence-corrected chi connectivity index (χ0v) is 10.9. The maximum atomic E-state index is 5.43. The Morgan fingerprint density at radius 3 is 3.00 bits per heavy atom. The van der Waals surface area contributed by atoms with Gasteiger partial charge in [0.05, 0.1) is 13.2 Å². The van der Waals surface area contributed by atoms with E-state index in [4.69, 9.17) is 4.74 Å². The molecule has 0 saturated carbocycles. The third-order valence-corrected chi connectivity index (χ3v) is 2.62. The van der Waals surface area contributed by atoms with E-state index in [-0.39, 0.29) is 0 Å². The van der Waals surface area contributed by atoms with Crippen molar-refractivity contribution in [2.24, 2.45) is 4.99 Å². The molecule has 0 fully saturated rings. The summed E-state index contributed by atoms with van der Waals surface area (Å²) in [6.45, 7) is 6.46. The second kappa shape index (κ2) is 6.23. The summed E-state index contributed by atoms with van der Waals surface area (Å²) in [7, 11) is 0. The van der Waals surface area contributed by atoms with Gasteiger partial charge < -0.3 is 15.4 Å². The first kappa shape index (κ1) is 12.7. The number of aromatic nitrogens is 1. The van der Waals surface area contributed by atoms with Crippen LogP contribution in [0.4, 0.5) is 0 Å². The van der Waals surface area contributed by atoms with Gasteiger partial charge in [-0.25, -0.2) is 4.98 Å². The Hall–Kier alpha value is -1.78. The van der Waals surface area contributed by atoms with Crippen molar-refractivity contribution in [1.29, 1.82) is 0 Å². The van der Waals surface area contributed by atoms with E-state index in [9.17, 15) is 0 Å². The quantitative estimate of drug-likeness (QED) is 0.825. The number of hydrogen-bond donors (Lipinski definition) is 2. The third kappa shape index (κ3) is 3.61. The molecule has 0 bridgehead atoms. The lowest BCUT2D eigenvalue weighted by Gasteiger charge is -2.09. The second-order valence-electron chi connectivity index (χ2n) is 4.44. The predicted octanol–water partition coefficient (Wildman–Crippen LogP) is 1.31. The predicted molar refractivity (Wildman–Crippen MR) is 71.8 cm³/mol. The van der Waals surface area contributed by atoms with Crippen molar-refractivity contribution in [1.82, 2.24) is 15.6 Å². The molecule has 0 spiro atoms. The van der Waals surface area contributed by atoms with Crippen LogP contribution >= 0.6 is 0 Å². The molecule has 2 N–H and O–H groups in total. The molecule has 18 heavy (non-hydrogen) atoms. The number of ether oxygens (including phenoxy) is 1. The first-order chi connectivity index (χ1) is 8.78. The molecule has 0 aromatic carbocycles. The van der Waals surface area contributed by atoms with Crippen molar-refractivity contribution < 1.29 is 4.74 Å². The van der Waals surface area contributed by atoms with Crippen LogP contribution in [0.1, 0.15) is 25.8 Å². The first-order valence-corrected chi connectivity index (χ1v) is 6.40. The van der Waals surface area contributed by atoms with Gasteiger partial charge in [0, 0.05) is 24.8 Å². The molecule has 5 heteroatoms. The molecule has 1 aromatic rings. The van der Waals surface area contributed by atoms with Crippen molar-refractivity contribution >= 4 is 5.96 Å². The normalized spacial score (nSPS) is 18.1. The van der Waals surface area contributed by atoms with Gasteiger partial charge in [-0.2, -0.15) is 0 Å². The van der Waals surface area contributed by atoms with E-state index in [1.165, 1.54) is 0 Å². The number of nitrogens with one attached hydrogen (secondary N) is 2. The largest absolute Gasteiger partial charge is 0.478 e. The molecular weight excluding hydrogens is 228 g/mol. The summed E-state index contributed by atoms with van der Waals surface area (Å²) in [5.74, 6) is 1.55. The summed E-state index contributed by atoms with van der Waals surface area (Å²) < 4.78 is 5.43. The second-order valence-corrected chi connectivity index (χ2v) is 4.44. The minimum atomic E-state index is 0.426. The summed E-state index contributed by atoms with van der Waals surface area (Å²) in [5, 5.41) is 6.51. The average Bonchev–Trinajstić information content (AvgIpc) is 2.81. The summed E-state index contributed by atoms with van der Waals surface area (Å²) >= 11 is 0. The fourth-order valence-corrected chi connectivity index (χ4v) is 1.65. The van der Waals surface area contributed by atoms with E-state index in [1.54, 1.807) is 0 Å². The Morgan fingerprint density at radius 2 is 2.39 bits per heavy atom. The standard InChI is InChI=1S/C13H20N4O/c1-3-6-18-12-5-4-11(8-14-12)9-16-13-15-7-10(2)17-13/h4-5,8,10H,3,6-7,9H2,1-2H3,(H2,15,16,17). The zero-order chi connectivity index (χ0) is 12.8. The molecule has 2 rings (SSSR count). The number of pyridine rings is 1. The fourth-order valence-electron chi connectivity index (χ4n) is 1.65. The lowest BCUT2D eigenvalue weighted by molar-refractivity contribution is 0.305. The number of hydrogen-bond acceptors (Lipinski definition) is 5. The van der Waals surface area contributed by atoms with Crippen molar-refractivity contribution in [2.75, 3.05) is 13.2 Å². The van der Waals surface area contributed by atoms with Crippen LogP contribution in [0.5, 0.6) is 5.88 Å². The van der Waals surface area contributed by atoms with Gasteiger partial charge in [-0.1, -0.05) is 13.0 Å². The molecule has 0 aliphatic carbocycles. The van der Waals surface area contributed by atoms with Crippen LogP contribution in [0.2, 0.25) is 0 Å². The van der Waals surface area contributed by atoms with Gasteiger partial charge in [0.25, 0.3) is 0 Å². The minimum absolute atomic E-state index is 0.426. The Balaban J connectivity index is 1.79. The lowest BCUT2D eigenvalue weighted by atomic mass is 10.3. The van der Waals surface area contributed by atoms with E-state index in [0.717, 1.165) is 31.0 Å². The molecule has 0 radical (unpaired) electrons. The summed E-state index contributed by atoms with van der Waals surface area (Å²) in [6, 6.07) is 4.35. The molecule has 0 saturated heterocycles. The van der Waals surface area contributed by atoms with Crippen LogP contribution in [-0.4, -0.2) is 30.1 Å². The highest BCUT2D eigenvalue weighted by molar-refractivity contribution is 5.81. The molecule has 1 aromatic heterocycles. The Bertz CT molecular complexity index is 402. The monoisotopic (exact) mass is 248 g/mol. The number of aliphatic imine (C=N–C) groups is 1. The highest BCUT2D eigenvalue weighted by atomic mass is 16.5. The number of nitrogens with zero attached hydrogens (tertiary/aromatic N) is 2. The van der Waals surface area contributed by atoms with Gasteiger partial charge in [-0.15, -0.1) is 0 Å². The molecule has 1 atom stereocenters. The molecule has 2 heterocycles. The van der Waals surface area contributed by atoms with Gasteiger partial charge in [0.2, 0.25) is 5.88 Å². The van der Waals surface area contributed by atoms with Gasteiger partial charge in [-0.05, 0) is 18.9 Å². The molecule has 5 nitrogen and oxygen atoms in total. The van der Waals surface area contributed by atoms with Crippen LogP contribution < -0.4 is 15.4 Å². The van der Waals surface area contributed by atoms with E-state index in [2.05, 4.69) is 34.5 Å². The van der Waals surface area contributed by atoms with Crippen LogP contribution in [0.3, 0.4) is 0 Å². The molecule has 1 aliphatic rings. The van der Waals surface area contributed by atoms with Crippen LogP contribution in [-0.2, 0) is 6.54 Å². The topological polar surface area (TPSA) is 58.5 Å². The van der Waals surface area contributed by atoms with Crippen LogP contribution in [0, 0.1) is 0 Å². The number of rotatable bonds is 5. The van der Waals surface area contributed by atoms with Gasteiger partial charge in [0.15, 0.2) is 5.96 Å². The van der Waals surface area contributed by atoms with E-state index in [1.807, 2.05) is 18.3 Å². The Kier molecular flexibility index (Phi) is 4.39. The molecular formula is C13H20N4O. The van der Waals surface area contributed by atoms with Gasteiger partial charge >= 0.3 is 0 Å². The van der Waals surface area contributed by atoms with E-state index < -0.39 is 0 Å². The van der Waals surface area contributed by atoms with Gasteiger partial charge in [0.1, 0.15) is 0 Å². The summed E-state index contributed by atoms with van der Waals surface area (Å²) in [4.78, 5) is 8.59. The summed E-state index contributed by atoms with van der Waals surface area (Å²) in [6.07, 6.45) is 2.82. The third-order valence-electron chi connectivity index (χ3n) is 2.62. The van der Waals surface area contributed by atoms with Crippen molar-refractivity contribution in [3.8, 4) is 5.88 Å². The molecule has 1 aliphatic heterocycles. The first-order valence-electron chi connectivity index (χ1n) is 6.40. The Morgan fingerprint density at radius 1 is 1.50 bits per heavy atom. The smallest absolute Gasteiger partial charge is 0.213 e. The highest BCUT2D eigenvalue weighted by Crippen LogP contribution is 2.07. The van der Waals surface area contributed by atoms with Crippen molar-refractivity contribution in [2.45, 2.75) is 32.9 Å². The van der Waals surface area contributed by atoms with Crippen LogP contribution in [0.15, 0.2) is 23.3 Å².